The lowest BCUT2D eigenvalue weighted by Gasteiger charge is -2.09. The molecular formula is C28H34N2O7. The Bertz CT molecular complexity index is 1070. The van der Waals surface area contributed by atoms with E-state index in [2.05, 4.69) is 29.4 Å². The van der Waals surface area contributed by atoms with E-state index in [0.717, 1.165) is 17.7 Å². The van der Waals surface area contributed by atoms with E-state index in [9.17, 15) is 9.59 Å². The predicted molar refractivity (Wildman–Crippen MR) is 142 cm³/mol. The number of ether oxygens (including phenoxy) is 1. The van der Waals surface area contributed by atoms with Gasteiger partial charge in [-0.25, -0.2) is 9.59 Å². The second-order valence-corrected chi connectivity index (χ2v) is 8.15. The summed E-state index contributed by atoms with van der Waals surface area (Å²) in [5.74, 6) is -1.00. The number of hydrogen-bond acceptors (Lipinski definition) is 7. The molecule has 0 bridgehead atoms. The summed E-state index contributed by atoms with van der Waals surface area (Å²) in [5.41, 5.74) is 1.43. The van der Waals surface area contributed by atoms with Gasteiger partial charge in [0.15, 0.2) is 0 Å². The highest BCUT2D eigenvalue weighted by Gasteiger charge is 2.01. The van der Waals surface area contributed by atoms with Crippen molar-refractivity contribution in [1.82, 2.24) is 10.3 Å². The third-order valence-corrected chi connectivity index (χ3v) is 4.63. The van der Waals surface area contributed by atoms with E-state index in [0.29, 0.717) is 6.04 Å². The predicted octanol–water partition coefficient (Wildman–Crippen LogP) is 5.06. The number of benzene rings is 2. The van der Waals surface area contributed by atoms with Crippen LogP contribution < -0.4 is 10.1 Å². The summed E-state index contributed by atoms with van der Waals surface area (Å²) < 4.78 is 5.59. The van der Waals surface area contributed by atoms with E-state index in [1.807, 2.05) is 33.2 Å². The molecule has 1 heterocycles. The molecule has 9 heteroatoms. The minimum atomic E-state index is -0.986. The fourth-order valence-electron chi connectivity index (χ4n) is 2.60. The quantitative estimate of drug-likeness (QED) is 0.280. The Kier molecular flexibility index (Phi) is 13.5. The highest BCUT2D eigenvalue weighted by molar-refractivity contribution is 5.88. The molecule has 1 unspecified atom stereocenters. The van der Waals surface area contributed by atoms with Gasteiger partial charge in [-0.3, -0.25) is 4.98 Å². The lowest BCUT2D eigenvalue weighted by molar-refractivity contribution is 0.0686. The second kappa shape index (κ2) is 16.3. The third kappa shape index (κ3) is 13.3. The van der Waals surface area contributed by atoms with Crippen molar-refractivity contribution in [2.24, 2.45) is 0 Å². The molecule has 2 aromatic carbocycles. The molecule has 37 heavy (non-hydrogen) atoms. The van der Waals surface area contributed by atoms with Crippen molar-refractivity contribution in [3.8, 4) is 17.2 Å². The lowest BCUT2D eigenvalue weighted by Crippen LogP contribution is -2.19. The van der Waals surface area contributed by atoms with Gasteiger partial charge in [0.2, 0.25) is 0 Å². The van der Waals surface area contributed by atoms with Gasteiger partial charge in [-0.1, -0.05) is 12.2 Å². The van der Waals surface area contributed by atoms with Crippen molar-refractivity contribution in [2.45, 2.75) is 39.3 Å². The normalized spacial score (nSPS) is 11.1. The molecule has 0 fully saturated rings. The van der Waals surface area contributed by atoms with E-state index in [-0.39, 0.29) is 28.7 Å². The number of nitrogens with one attached hydrogen (secondary N) is 1. The highest BCUT2D eigenvalue weighted by atomic mass is 16.5. The zero-order chi connectivity index (χ0) is 27.8. The number of carboxylic acids is 2. The SMILES string of the molecule is CNC(C)CC=Cc1cncc(OC(C)C)c1.O=C(O)c1ccc(O)cc1.O=C(O)c1ccc(O)cc1. The van der Waals surface area contributed by atoms with Crippen molar-refractivity contribution in [1.29, 1.82) is 0 Å². The molecule has 3 aromatic rings. The Labute approximate surface area is 216 Å². The Hall–Kier alpha value is -4.37. The standard InChI is InChI=1S/C14H22N2O.2C7H6O3/c1-11(2)17-14-8-13(9-16-10-14)7-5-6-12(3)15-4;2*8-6-3-1-5(2-4-6)7(9)10/h5,7-12,15H,6H2,1-4H3;2*1-4,8H,(H,9,10). The molecule has 198 valence electrons. The van der Waals surface area contributed by atoms with Gasteiger partial charge >= 0.3 is 11.9 Å². The first-order chi connectivity index (χ1) is 17.5. The van der Waals surface area contributed by atoms with Crippen LogP contribution in [0.5, 0.6) is 17.2 Å². The molecule has 0 amide bonds. The second-order valence-electron chi connectivity index (χ2n) is 8.15. The van der Waals surface area contributed by atoms with E-state index in [1.165, 1.54) is 48.5 Å². The van der Waals surface area contributed by atoms with Crippen molar-refractivity contribution >= 4 is 18.0 Å². The maximum atomic E-state index is 10.2. The van der Waals surface area contributed by atoms with Gasteiger partial charge in [-0.05, 0) is 94.4 Å². The lowest BCUT2D eigenvalue weighted by atomic mass is 10.2. The van der Waals surface area contributed by atoms with E-state index < -0.39 is 11.9 Å². The summed E-state index contributed by atoms with van der Waals surface area (Å²) in [4.78, 5) is 24.6. The van der Waals surface area contributed by atoms with Crippen LogP contribution in [0.1, 0.15) is 53.5 Å². The van der Waals surface area contributed by atoms with Gasteiger partial charge in [-0.2, -0.15) is 0 Å². The smallest absolute Gasteiger partial charge is 0.335 e. The number of aromatic carboxylic acids is 2. The number of phenols is 2. The van der Waals surface area contributed by atoms with Crippen molar-refractivity contribution in [3.05, 3.63) is 89.8 Å². The third-order valence-electron chi connectivity index (χ3n) is 4.63. The monoisotopic (exact) mass is 510 g/mol. The molecule has 0 aliphatic heterocycles. The molecule has 0 saturated carbocycles. The summed E-state index contributed by atoms with van der Waals surface area (Å²) in [6.45, 7) is 6.18. The topological polar surface area (TPSA) is 149 Å². The Balaban J connectivity index is 0.000000294. The number of hydrogen-bond donors (Lipinski definition) is 5. The zero-order valence-corrected chi connectivity index (χ0v) is 21.3. The zero-order valence-electron chi connectivity index (χ0n) is 21.3. The van der Waals surface area contributed by atoms with E-state index in [1.54, 1.807) is 6.20 Å². The first-order valence-corrected chi connectivity index (χ1v) is 11.5. The molecule has 1 atom stereocenters. The number of nitrogens with zero attached hydrogens (tertiary/aromatic N) is 1. The number of rotatable bonds is 8. The van der Waals surface area contributed by atoms with Crippen molar-refractivity contribution < 1.29 is 34.8 Å². The molecule has 0 aliphatic carbocycles. The minimum Gasteiger partial charge on any atom is -0.508 e. The van der Waals surface area contributed by atoms with Crippen LogP contribution in [-0.2, 0) is 0 Å². The number of carbonyl (C=O) groups is 2. The molecule has 0 saturated heterocycles. The van der Waals surface area contributed by atoms with E-state index >= 15 is 0 Å². The molecule has 5 N–H and O–H groups in total. The van der Waals surface area contributed by atoms with Gasteiger partial charge in [-0.15, -0.1) is 0 Å². The minimum absolute atomic E-state index is 0.0741. The molecule has 3 rings (SSSR count). The molecule has 1 aromatic heterocycles. The highest BCUT2D eigenvalue weighted by Crippen LogP contribution is 2.14. The van der Waals surface area contributed by atoms with Crippen LogP contribution >= 0.6 is 0 Å². The van der Waals surface area contributed by atoms with Crippen LogP contribution in [0.2, 0.25) is 0 Å². The van der Waals surface area contributed by atoms with Crippen LogP contribution in [-0.4, -0.2) is 56.5 Å². The maximum Gasteiger partial charge on any atom is 0.335 e. The van der Waals surface area contributed by atoms with Crippen LogP contribution in [0.4, 0.5) is 0 Å². The number of aromatic nitrogens is 1. The van der Waals surface area contributed by atoms with Crippen molar-refractivity contribution in [3.63, 3.8) is 0 Å². The number of pyridine rings is 1. The average molecular weight is 511 g/mol. The van der Waals surface area contributed by atoms with Gasteiger partial charge in [0.1, 0.15) is 17.2 Å². The van der Waals surface area contributed by atoms with Gasteiger partial charge in [0, 0.05) is 12.2 Å². The largest absolute Gasteiger partial charge is 0.508 e. The number of phenolic OH excluding ortho intramolecular Hbond substituents is 2. The van der Waals surface area contributed by atoms with Gasteiger partial charge in [0.25, 0.3) is 0 Å². The fourth-order valence-corrected chi connectivity index (χ4v) is 2.60. The van der Waals surface area contributed by atoms with E-state index in [4.69, 9.17) is 25.2 Å². The first-order valence-electron chi connectivity index (χ1n) is 11.5. The van der Waals surface area contributed by atoms with Crippen LogP contribution in [0.25, 0.3) is 6.08 Å². The summed E-state index contributed by atoms with van der Waals surface area (Å²) in [7, 11) is 1.97. The van der Waals surface area contributed by atoms with Gasteiger partial charge in [0.05, 0.1) is 23.4 Å². The summed E-state index contributed by atoms with van der Waals surface area (Å²) in [5, 5.41) is 37.5. The van der Waals surface area contributed by atoms with Crippen molar-refractivity contribution in [2.75, 3.05) is 7.05 Å². The molecule has 9 nitrogen and oxygen atoms in total. The van der Waals surface area contributed by atoms with Crippen LogP contribution in [0.15, 0.2) is 73.1 Å². The summed E-state index contributed by atoms with van der Waals surface area (Å²) >= 11 is 0. The first kappa shape index (κ1) is 30.7. The number of aromatic hydroxyl groups is 2. The Morgan fingerprint density at radius 2 is 1.38 bits per heavy atom. The average Bonchev–Trinajstić information content (AvgIpc) is 2.85. The number of carboxylic acid groups (broad SMARTS) is 2. The Morgan fingerprint density at radius 3 is 1.78 bits per heavy atom. The Morgan fingerprint density at radius 1 is 0.892 bits per heavy atom. The van der Waals surface area contributed by atoms with Crippen LogP contribution in [0, 0.1) is 0 Å². The molecule has 0 aliphatic rings. The van der Waals surface area contributed by atoms with Gasteiger partial charge < -0.3 is 30.5 Å². The summed E-state index contributed by atoms with van der Waals surface area (Å²) in [6.07, 6.45) is 9.00. The maximum absolute atomic E-state index is 10.2. The molecular weight excluding hydrogens is 476 g/mol. The fraction of sp³-hybridized carbons (Fsp3) is 0.250. The summed E-state index contributed by atoms with van der Waals surface area (Å²) in [6, 6.07) is 13.2. The molecule has 0 spiro atoms. The molecule has 0 radical (unpaired) electrons. The van der Waals surface area contributed by atoms with Crippen LogP contribution in [0.3, 0.4) is 0 Å².